The molecule has 0 bridgehead atoms. The summed E-state index contributed by atoms with van der Waals surface area (Å²) in [6.45, 7) is 0.662. The maximum absolute atomic E-state index is 12.5. The molecule has 1 aliphatic rings. The Morgan fingerprint density at radius 2 is 1.86 bits per heavy atom. The molecule has 3 heteroatoms. The van der Waals surface area contributed by atoms with Crippen LogP contribution in [0.3, 0.4) is 0 Å². The quantitative estimate of drug-likeness (QED) is 0.936. The minimum absolute atomic E-state index is 0.0860. The summed E-state index contributed by atoms with van der Waals surface area (Å²) in [6.07, 6.45) is 1.33. The van der Waals surface area contributed by atoms with Gasteiger partial charge in [-0.1, -0.05) is 48.5 Å². The van der Waals surface area contributed by atoms with E-state index in [1.165, 1.54) is 0 Å². The molecule has 0 amide bonds. The molecule has 0 saturated carbocycles. The standard InChI is InChI=1S/C18H19NO2/c19-18(13-6-2-1-3-7-13)16(20)12-14-10-11-21-17-9-5-4-8-15(14)17/h1-9,14,18H,10-12,19H2. The van der Waals surface area contributed by atoms with Crippen LogP contribution in [-0.4, -0.2) is 12.4 Å². The number of benzene rings is 2. The fourth-order valence-corrected chi connectivity index (χ4v) is 2.84. The average molecular weight is 281 g/mol. The van der Waals surface area contributed by atoms with E-state index in [9.17, 15) is 4.79 Å². The lowest BCUT2D eigenvalue weighted by Crippen LogP contribution is -2.25. The van der Waals surface area contributed by atoms with E-state index in [0.717, 1.165) is 23.3 Å². The van der Waals surface area contributed by atoms with Crippen molar-refractivity contribution in [3.63, 3.8) is 0 Å². The number of carbonyl (C=O) groups is 1. The van der Waals surface area contributed by atoms with Crippen LogP contribution in [0.25, 0.3) is 0 Å². The molecule has 0 fully saturated rings. The number of hydrogen-bond acceptors (Lipinski definition) is 3. The molecule has 1 aliphatic heterocycles. The normalized spacial score (nSPS) is 18.4. The van der Waals surface area contributed by atoms with E-state index in [2.05, 4.69) is 0 Å². The molecular formula is C18H19NO2. The van der Waals surface area contributed by atoms with Gasteiger partial charge in [-0.05, 0) is 29.5 Å². The zero-order valence-electron chi connectivity index (χ0n) is 11.9. The predicted octanol–water partition coefficient (Wildman–Crippen LogP) is 3.21. The minimum Gasteiger partial charge on any atom is -0.493 e. The van der Waals surface area contributed by atoms with Crippen LogP contribution in [0.15, 0.2) is 54.6 Å². The van der Waals surface area contributed by atoms with E-state index in [0.29, 0.717) is 13.0 Å². The number of carbonyl (C=O) groups excluding carboxylic acids is 1. The molecule has 0 aliphatic carbocycles. The highest BCUT2D eigenvalue weighted by molar-refractivity contribution is 5.85. The van der Waals surface area contributed by atoms with Crippen molar-refractivity contribution in [2.24, 2.45) is 5.73 Å². The van der Waals surface area contributed by atoms with Gasteiger partial charge in [-0.3, -0.25) is 4.79 Å². The molecule has 2 atom stereocenters. The van der Waals surface area contributed by atoms with E-state index < -0.39 is 6.04 Å². The van der Waals surface area contributed by atoms with Crippen molar-refractivity contribution >= 4 is 5.78 Å². The number of fused-ring (bicyclic) bond motifs is 1. The fraction of sp³-hybridized carbons (Fsp3) is 0.278. The molecule has 108 valence electrons. The highest BCUT2D eigenvalue weighted by Gasteiger charge is 2.26. The van der Waals surface area contributed by atoms with Crippen molar-refractivity contribution in [3.8, 4) is 5.75 Å². The van der Waals surface area contributed by atoms with E-state index in [4.69, 9.17) is 10.5 Å². The van der Waals surface area contributed by atoms with Gasteiger partial charge in [0.1, 0.15) is 5.75 Å². The largest absolute Gasteiger partial charge is 0.493 e. The van der Waals surface area contributed by atoms with Crippen LogP contribution >= 0.6 is 0 Å². The first kappa shape index (κ1) is 13.8. The summed E-state index contributed by atoms with van der Waals surface area (Å²) in [5.74, 6) is 1.19. The molecule has 3 rings (SSSR count). The lowest BCUT2D eigenvalue weighted by Gasteiger charge is -2.26. The van der Waals surface area contributed by atoms with E-state index in [1.807, 2.05) is 54.6 Å². The molecule has 2 aromatic rings. The first-order valence-electron chi connectivity index (χ1n) is 7.30. The smallest absolute Gasteiger partial charge is 0.154 e. The SMILES string of the molecule is NC(C(=O)CC1CCOc2ccccc21)c1ccccc1. The Morgan fingerprint density at radius 3 is 2.67 bits per heavy atom. The Bertz CT molecular complexity index is 624. The molecule has 0 spiro atoms. The van der Waals surface area contributed by atoms with Crippen LogP contribution in [0.2, 0.25) is 0 Å². The number of Topliss-reactive ketones (excluding diaryl/α,β-unsaturated/α-hetero) is 1. The zero-order chi connectivity index (χ0) is 14.7. The van der Waals surface area contributed by atoms with Gasteiger partial charge in [0.25, 0.3) is 0 Å². The highest BCUT2D eigenvalue weighted by atomic mass is 16.5. The van der Waals surface area contributed by atoms with Crippen molar-refractivity contribution in [1.29, 1.82) is 0 Å². The Kier molecular flexibility index (Phi) is 4.02. The third kappa shape index (κ3) is 2.98. The molecule has 0 radical (unpaired) electrons. The monoisotopic (exact) mass is 281 g/mol. The van der Waals surface area contributed by atoms with Gasteiger partial charge in [-0.15, -0.1) is 0 Å². The van der Waals surface area contributed by atoms with Gasteiger partial charge in [0, 0.05) is 6.42 Å². The van der Waals surface area contributed by atoms with Gasteiger partial charge in [-0.25, -0.2) is 0 Å². The second kappa shape index (κ2) is 6.10. The van der Waals surface area contributed by atoms with Gasteiger partial charge < -0.3 is 10.5 Å². The van der Waals surface area contributed by atoms with Crippen molar-refractivity contribution in [3.05, 3.63) is 65.7 Å². The molecule has 2 aromatic carbocycles. The van der Waals surface area contributed by atoms with Gasteiger partial charge in [0.15, 0.2) is 5.78 Å². The number of ketones is 1. The second-order valence-electron chi connectivity index (χ2n) is 5.43. The summed E-state index contributed by atoms with van der Waals surface area (Å²) < 4.78 is 5.64. The zero-order valence-corrected chi connectivity index (χ0v) is 11.9. The van der Waals surface area contributed by atoms with Crippen molar-refractivity contribution in [1.82, 2.24) is 0 Å². The Balaban J connectivity index is 1.74. The average Bonchev–Trinajstić information content (AvgIpc) is 2.55. The maximum atomic E-state index is 12.5. The van der Waals surface area contributed by atoms with Crippen molar-refractivity contribution in [2.75, 3.05) is 6.61 Å². The Hall–Kier alpha value is -2.13. The molecular weight excluding hydrogens is 262 g/mol. The third-order valence-corrected chi connectivity index (χ3v) is 4.04. The minimum atomic E-state index is -0.541. The number of hydrogen-bond donors (Lipinski definition) is 1. The van der Waals surface area contributed by atoms with Crippen molar-refractivity contribution < 1.29 is 9.53 Å². The summed E-state index contributed by atoms with van der Waals surface area (Å²) in [7, 11) is 0. The first-order chi connectivity index (χ1) is 10.3. The molecule has 3 nitrogen and oxygen atoms in total. The third-order valence-electron chi connectivity index (χ3n) is 4.04. The van der Waals surface area contributed by atoms with Crippen LogP contribution in [0.1, 0.15) is 35.9 Å². The van der Waals surface area contributed by atoms with E-state index in [1.54, 1.807) is 0 Å². The second-order valence-corrected chi connectivity index (χ2v) is 5.43. The van der Waals surface area contributed by atoms with Crippen LogP contribution in [0, 0.1) is 0 Å². The molecule has 1 heterocycles. The molecule has 2 unspecified atom stereocenters. The van der Waals surface area contributed by atoms with Gasteiger partial charge >= 0.3 is 0 Å². The van der Waals surface area contributed by atoms with Crippen LogP contribution in [-0.2, 0) is 4.79 Å². The lowest BCUT2D eigenvalue weighted by atomic mass is 9.86. The Labute approximate surface area is 124 Å². The molecule has 2 N–H and O–H groups in total. The number of ether oxygens (including phenoxy) is 1. The number of para-hydroxylation sites is 1. The fourth-order valence-electron chi connectivity index (χ4n) is 2.84. The summed E-state index contributed by atoms with van der Waals surface area (Å²) in [5, 5.41) is 0. The Morgan fingerprint density at radius 1 is 1.14 bits per heavy atom. The number of rotatable bonds is 4. The summed E-state index contributed by atoms with van der Waals surface area (Å²) in [6, 6.07) is 17.0. The topological polar surface area (TPSA) is 52.3 Å². The molecule has 21 heavy (non-hydrogen) atoms. The van der Waals surface area contributed by atoms with Gasteiger partial charge in [-0.2, -0.15) is 0 Å². The predicted molar refractivity (Wildman–Crippen MR) is 82.3 cm³/mol. The summed E-state index contributed by atoms with van der Waals surface area (Å²) in [5.41, 5.74) is 8.10. The van der Waals surface area contributed by atoms with Gasteiger partial charge in [0.05, 0.1) is 12.6 Å². The van der Waals surface area contributed by atoms with Crippen LogP contribution < -0.4 is 10.5 Å². The maximum Gasteiger partial charge on any atom is 0.154 e. The molecule has 0 saturated heterocycles. The molecule has 0 aromatic heterocycles. The first-order valence-corrected chi connectivity index (χ1v) is 7.30. The number of nitrogens with two attached hydrogens (primary N) is 1. The van der Waals surface area contributed by atoms with E-state index in [-0.39, 0.29) is 11.7 Å². The summed E-state index contributed by atoms with van der Waals surface area (Å²) in [4.78, 5) is 12.5. The lowest BCUT2D eigenvalue weighted by molar-refractivity contribution is -0.120. The van der Waals surface area contributed by atoms with E-state index >= 15 is 0 Å². The van der Waals surface area contributed by atoms with Crippen LogP contribution in [0.4, 0.5) is 0 Å². The summed E-state index contributed by atoms with van der Waals surface area (Å²) >= 11 is 0. The van der Waals surface area contributed by atoms with Crippen molar-refractivity contribution in [2.45, 2.75) is 24.8 Å². The highest BCUT2D eigenvalue weighted by Crippen LogP contribution is 2.36. The van der Waals surface area contributed by atoms with Crippen LogP contribution in [0.5, 0.6) is 5.75 Å². The van der Waals surface area contributed by atoms with Gasteiger partial charge in [0.2, 0.25) is 0 Å².